The van der Waals surface area contributed by atoms with Crippen LogP contribution in [0.2, 0.25) is 0 Å². The van der Waals surface area contributed by atoms with Crippen molar-refractivity contribution in [3.8, 4) is 5.69 Å². The molecule has 2 aliphatic rings. The van der Waals surface area contributed by atoms with Crippen LogP contribution in [0, 0.1) is 0 Å². The molecule has 0 radical (unpaired) electrons. The Morgan fingerprint density at radius 2 is 1.50 bits per heavy atom. The molecule has 2 saturated heterocycles. The van der Waals surface area contributed by atoms with Gasteiger partial charge in [0, 0.05) is 50.5 Å². The number of aromatic nitrogens is 2. The number of rotatable bonds is 4. The molecule has 7 heteroatoms. The molecule has 0 aliphatic carbocycles. The summed E-state index contributed by atoms with van der Waals surface area (Å²) in [6.45, 7) is 5.04. The van der Waals surface area contributed by atoms with E-state index in [0.29, 0.717) is 25.2 Å². The molecule has 2 amide bonds. The summed E-state index contributed by atoms with van der Waals surface area (Å²) in [4.78, 5) is 36.0. The highest BCUT2D eigenvalue weighted by molar-refractivity contribution is 5.94. The molecule has 7 nitrogen and oxygen atoms in total. The summed E-state index contributed by atoms with van der Waals surface area (Å²) in [5.74, 6) is 0.279. The van der Waals surface area contributed by atoms with E-state index >= 15 is 0 Å². The fraction of sp³-hybridized carbons (Fsp3) is 0.400. The van der Waals surface area contributed by atoms with Gasteiger partial charge in [0.05, 0.1) is 17.6 Å². The summed E-state index contributed by atoms with van der Waals surface area (Å²) in [5, 5.41) is 0. The second-order valence-corrected chi connectivity index (χ2v) is 8.66. The van der Waals surface area contributed by atoms with Gasteiger partial charge in [-0.1, -0.05) is 12.1 Å². The third kappa shape index (κ3) is 4.25. The Morgan fingerprint density at radius 1 is 0.781 bits per heavy atom. The van der Waals surface area contributed by atoms with Gasteiger partial charge in [0.25, 0.3) is 5.91 Å². The number of carbonyl (C=O) groups excluding carboxylic acids is 2. The van der Waals surface area contributed by atoms with Crippen LogP contribution in [-0.4, -0.2) is 81.9 Å². The van der Waals surface area contributed by atoms with Crippen LogP contribution >= 0.6 is 0 Å². The summed E-state index contributed by atoms with van der Waals surface area (Å²) in [6, 6.07) is 15.7. The highest BCUT2D eigenvalue weighted by atomic mass is 16.2. The number of hydrogen-bond donors (Lipinski definition) is 0. The first kappa shape index (κ1) is 20.7. The smallest absolute Gasteiger partial charge is 0.253 e. The van der Waals surface area contributed by atoms with Crippen molar-refractivity contribution in [2.75, 3.05) is 45.8 Å². The Kier molecular flexibility index (Phi) is 5.90. The summed E-state index contributed by atoms with van der Waals surface area (Å²) in [7, 11) is 0. The lowest BCUT2D eigenvalue weighted by atomic mass is 10.1. The topological polar surface area (TPSA) is 61.7 Å². The van der Waals surface area contributed by atoms with E-state index in [2.05, 4.69) is 9.88 Å². The van der Waals surface area contributed by atoms with Crippen molar-refractivity contribution in [1.29, 1.82) is 0 Å². The maximum Gasteiger partial charge on any atom is 0.253 e. The van der Waals surface area contributed by atoms with E-state index in [-0.39, 0.29) is 11.8 Å². The Hall–Kier alpha value is -3.19. The van der Waals surface area contributed by atoms with Crippen molar-refractivity contribution in [3.63, 3.8) is 0 Å². The van der Waals surface area contributed by atoms with E-state index in [1.54, 1.807) is 0 Å². The van der Waals surface area contributed by atoms with Crippen molar-refractivity contribution in [2.45, 2.75) is 19.3 Å². The Balaban J connectivity index is 1.18. The van der Waals surface area contributed by atoms with Crippen molar-refractivity contribution >= 4 is 22.8 Å². The van der Waals surface area contributed by atoms with Crippen molar-refractivity contribution in [2.24, 2.45) is 0 Å². The first-order valence-electron chi connectivity index (χ1n) is 11.5. The number of para-hydroxylation sites is 2. The van der Waals surface area contributed by atoms with Crippen LogP contribution in [0.1, 0.15) is 29.6 Å². The normalized spacial score (nSPS) is 17.6. The number of carbonyl (C=O) groups is 2. The molecular formula is C25H29N5O2. The Morgan fingerprint density at radius 3 is 2.25 bits per heavy atom. The number of hydrogen-bond acceptors (Lipinski definition) is 4. The molecule has 0 bridgehead atoms. The average molecular weight is 432 g/mol. The van der Waals surface area contributed by atoms with Gasteiger partial charge in [-0.3, -0.25) is 19.1 Å². The minimum atomic E-state index is 0.0500. The molecule has 0 saturated carbocycles. The van der Waals surface area contributed by atoms with Crippen LogP contribution in [0.15, 0.2) is 54.9 Å². The van der Waals surface area contributed by atoms with Crippen LogP contribution in [0.3, 0.4) is 0 Å². The number of piperazine rings is 1. The summed E-state index contributed by atoms with van der Waals surface area (Å²) in [6.07, 6.45) is 5.27. The van der Waals surface area contributed by atoms with Crippen molar-refractivity contribution in [3.05, 3.63) is 60.4 Å². The molecule has 32 heavy (non-hydrogen) atoms. The van der Waals surface area contributed by atoms with Crippen LogP contribution < -0.4 is 0 Å². The van der Waals surface area contributed by atoms with Gasteiger partial charge in [-0.15, -0.1) is 0 Å². The predicted octanol–water partition coefficient (Wildman–Crippen LogP) is 2.80. The number of fused-ring (bicyclic) bond motifs is 1. The minimum Gasteiger partial charge on any atom is -0.342 e. The Bertz CT molecular complexity index is 1090. The van der Waals surface area contributed by atoms with E-state index in [4.69, 9.17) is 0 Å². The first-order chi connectivity index (χ1) is 15.7. The molecule has 0 unspecified atom stereocenters. The number of imidazole rings is 1. The third-order valence-electron chi connectivity index (χ3n) is 6.57. The number of likely N-dealkylation sites (tertiary alicyclic amines) is 1. The highest BCUT2D eigenvalue weighted by Gasteiger charge is 2.25. The quantitative estimate of drug-likeness (QED) is 0.637. The SMILES string of the molecule is O=C(CN1CCN(C(=O)c2ccc(-n3cnc4ccccc43)cc2)CC1)N1CCCCC1. The molecule has 1 aromatic heterocycles. The zero-order chi connectivity index (χ0) is 21.9. The van der Waals surface area contributed by atoms with Gasteiger partial charge in [0.1, 0.15) is 6.33 Å². The van der Waals surface area contributed by atoms with Gasteiger partial charge < -0.3 is 9.80 Å². The summed E-state index contributed by atoms with van der Waals surface area (Å²) in [5.41, 5.74) is 3.67. The number of piperidine rings is 1. The zero-order valence-electron chi connectivity index (χ0n) is 18.3. The van der Waals surface area contributed by atoms with Crippen molar-refractivity contribution in [1.82, 2.24) is 24.3 Å². The van der Waals surface area contributed by atoms with Gasteiger partial charge in [-0.25, -0.2) is 4.98 Å². The van der Waals surface area contributed by atoms with E-state index in [0.717, 1.165) is 55.7 Å². The summed E-state index contributed by atoms with van der Waals surface area (Å²) >= 11 is 0. The molecule has 0 atom stereocenters. The van der Waals surface area contributed by atoms with E-state index in [9.17, 15) is 9.59 Å². The molecule has 0 spiro atoms. The second-order valence-electron chi connectivity index (χ2n) is 8.66. The third-order valence-corrected chi connectivity index (χ3v) is 6.57. The van der Waals surface area contributed by atoms with Gasteiger partial charge in [-0.05, 0) is 55.7 Å². The van der Waals surface area contributed by atoms with Crippen LogP contribution in [0.25, 0.3) is 16.7 Å². The summed E-state index contributed by atoms with van der Waals surface area (Å²) < 4.78 is 2.03. The number of amides is 2. The number of benzene rings is 2. The Labute approximate surface area is 188 Å². The predicted molar refractivity (Wildman–Crippen MR) is 124 cm³/mol. The van der Waals surface area contributed by atoms with Gasteiger partial charge in [0.2, 0.25) is 5.91 Å². The van der Waals surface area contributed by atoms with Gasteiger partial charge in [-0.2, -0.15) is 0 Å². The fourth-order valence-corrected chi connectivity index (χ4v) is 4.66. The van der Waals surface area contributed by atoms with E-state index in [1.807, 2.05) is 69.2 Å². The molecule has 2 fully saturated rings. The van der Waals surface area contributed by atoms with Gasteiger partial charge >= 0.3 is 0 Å². The molecule has 3 aromatic rings. The highest BCUT2D eigenvalue weighted by Crippen LogP contribution is 2.19. The minimum absolute atomic E-state index is 0.0500. The van der Waals surface area contributed by atoms with Gasteiger partial charge in [0.15, 0.2) is 0 Å². The lowest BCUT2D eigenvalue weighted by Crippen LogP contribution is -2.52. The molecule has 2 aliphatic heterocycles. The molecular weight excluding hydrogens is 402 g/mol. The number of nitrogens with zero attached hydrogens (tertiary/aromatic N) is 5. The molecule has 3 heterocycles. The van der Waals surface area contributed by atoms with E-state index < -0.39 is 0 Å². The maximum absolute atomic E-state index is 13.0. The standard InChI is InChI=1S/C25H29N5O2/c31-24(28-12-4-1-5-13-28)18-27-14-16-29(17-15-27)25(32)20-8-10-21(11-9-20)30-19-26-22-6-2-3-7-23(22)30/h2-3,6-11,19H,1,4-5,12-18H2. The molecule has 5 rings (SSSR count). The van der Waals surface area contributed by atoms with E-state index in [1.165, 1.54) is 6.42 Å². The molecule has 166 valence electrons. The van der Waals surface area contributed by atoms with Crippen LogP contribution in [0.5, 0.6) is 0 Å². The zero-order valence-corrected chi connectivity index (χ0v) is 18.3. The largest absolute Gasteiger partial charge is 0.342 e. The molecule has 0 N–H and O–H groups in total. The van der Waals surface area contributed by atoms with Crippen LogP contribution in [-0.2, 0) is 4.79 Å². The van der Waals surface area contributed by atoms with Crippen LogP contribution in [0.4, 0.5) is 0 Å². The van der Waals surface area contributed by atoms with Crippen molar-refractivity contribution < 1.29 is 9.59 Å². The lowest BCUT2D eigenvalue weighted by Gasteiger charge is -2.36. The second kappa shape index (κ2) is 9.12. The average Bonchev–Trinajstić information content (AvgIpc) is 3.29. The molecule has 2 aromatic carbocycles. The first-order valence-corrected chi connectivity index (χ1v) is 11.5. The fourth-order valence-electron chi connectivity index (χ4n) is 4.66. The monoisotopic (exact) mass is 431 g/mol. The maximum atomic E-state index is 13.0. The lowest BCUT2D eigenvalue weighted by molar-refractivity contribution is -0.133.